The van der Waals surface area contributed by atoms with Gasteiger partial charge < -0.3 is 20.7 Å². The van der Waals surface area contributed by atoms with Crippen LogP contribution in [0.25, 0.3) is 0 Å². The Bertz CT molecular complexity index is 1120. The third-order valence-corrected chi connectivity index (χ3v) is 6.83. The van der Waals surface area contributed by atoms with E-state index in [0.29, 0.717) is 27.7 Å². The Labute approximate surface area is 189 Å². The number of esters is 1. The molecule has 11 nitrogen and oxygen atoms in total. The predicted octanol–water partition coefficient (Wildman–Crippen LogP) is 1.20. The van der Waals surface area contributed by atoms with Crippen molar-refractivity contribution in [3.8, 4) is 0 Å². The first-order valence-corrected chi connectivity index (χ1v) is 11.3. The second-order valence-corrected chi connectivity index (χ2v) is 8.99. The van der Waals surface area contributed by atoms with Crippen LogP contribution >= 0.6 is 23.1 Å². The van der Waals surface area contributed by atoms with Crippen molar-refractivity contribution >= 4 is 51.7 Å². The van der Waals surface area contributed by atoms with E-state index in [9.17, 15) is 24.5 Å². The maximum Gasteiger partial charge on any atom is 0.336 e. The van der Waals surface area contributed by atoms with Gasteiger partial charge in [0.1, 0.15) is 18.0 Å². The number of rotatable bonds is 7. The number of nitro groups is 1. The van der Waals surface area contributed by atoms with Gasteiger partial charge in [0, 0.05) is 29.5 Å². The topological polar surface area (TPSA) is 158 Å². The third-order valence-electron chi connectivity index (χ3n) is 4.79. The lowest BCUT2D eigenvalue weighted by atomic mass is 10.1. The Morgan fingerprint density at radius 2 is 2.09 bits per heavy atom. The summed E-state index contributed by atoms with van der Waals surface area (Å²) in [7, 11) is 0. The van der Waals surface area contributed by atoms with Gasteiger partial charge in [-0.3, -0.25) is 19.7 Å². The monoisotopic (exact) mass is 475 g/mol. The Kier molecular flexibility index (Phi) is 6.10. The molecule has 2 aliphatic rings. The lowest BCUT2D eigenvalue weighted by Gasteiger charge is -2.47. The number of nitrogen functional groups attached to an aromatic ring is 1. The molecule has 2 aromatic rings. The van der Waals surface area contributed by atoms with E-state index in [1.165, 1.54) is 58.5 Å². The molecule has 13 heteroatoms. The van der Waals surface area contributed by atoms with Gasteiger partial charge in [0.05, 0.1) is 22.6 Å². The highest BCUT2D eigenvalue weighted by atomic mass is 32.2. The molecule has 2 aliphatic heterocycles. The number of thiazole rings is 1. The Balaban J connectivity index is 1.29. The molecular weight excluding hydrogens is 458 g/mol. The Hall–Kier alpha value is -3.45. The van der Waals surface area contributed by atoms with Crippen molar-refractivity contribution in [1.82, 2.24) is 15.2 Å². The molecule has 1 saturated heterocycles. The summed E-state index contributed by atoms with van der Waals surface area (Å²) in [5.41, 5.74) is 6.98. The van der Waals surface area contributed by atoms with E-state index in [1.807, 2.05) is 0 Å². The number of benzene rings is 1. The fourth-order valence-electron chi connectivity index (χ4n) is 3.17. The van der Waals surface area contributed by atoms with Gasteiger partial charge in [0.2, 0.25) is 5.91 Å². The average molecular weight is 476 g/mol. The zero-order valence-electron chi connectivity index (χ0n) is 16.4. The largest absolute Gasteiger partial charge is 0.457 e. The molecular formula is C19H17N5O6S2. The highest BCUT2D eigenvalue weighted by Gasteiger charge is 2.50. The number of carbonyl (C=O) groups is 3. The third kappa shape index (κ3) is 4.57. The van der Waals surface area contributed by atoms with Gasteiger partial charge in [-0.2, -0.15) is 0 Å². The molecule has 1 fully saturated rings. The molecule has 3 heterocycles. The number of fused-ring (bicyclic) bond motifs is 1. The van der Waals surface area contributed by atoms with E-state index < -0.39 is 16.9 Å². The highest BCUT2D eigenvalue weighted by Crippen LogP contribution is 2.36. The van der Waals surface area contributed by atoms with Crippen LogP contribution in [0.1, 0.15) is 11.3 Å². The summed E-state index contributed by atoms with van der Waals surface area (Å²) in [4.78, 5) is 52.6. The quantitative estimate of drug-likeness (QED) is 0.260. The standard InChI is InChI=1S/C19H17N5O6S2/c20-19-21-12(9-32-19)5-14(25)22-15-16(26)23-6-11(8-31-17(15)23)18(27)30-7-10-1-3-13(4-2-10)24(28)29/h1-4,6,9,15,17H,5,7-8H2,(H2,20,21)(H,22,25)/t15?,17-/m1/s1. The van der Waals surface area contributed by atoms with Crippen molar-refractivity contribution in [3.05, 3.63) is 62.8 Å². The summed E-state index contributed by atoms with van der Waals surface area (Å²) >= 11 is 2.59. The normalized spacial score (nSPS) is 19.4. The number of hydrogen-bond acceptors (Lipinski definition) is 10. The number of carbonyl (C=O) groups excluding carboxylic acids is 3. The van der Waals surface area contributed by atoms with Crippen molar-refractivity contribution in [2.75, 3.05) is 11.5 Å². The van der Waals surface area contributed by atoms with E-state index >= 15 is 0 Å². The van der Waals surface area contributed by atoms with Crippen LogP contribution in [0.2, 0.25) is 0 Å². The smallest absolute Gasteiger partial charge is 0.336 e. The summed E-state index contributed by atoms with van der Waals surface area (Å²) in [6.07, 6.45) is 1.48. The van der Waals surface area contributed by atoms with Gasteiger partial charge in [0.15, 0.2) is 5.13 Å². The van der Waals surface area contributed by atoms with Gasteiger partial charge in [-0.25, -0.2) is 9.78 Å². The molecule has 1 unspecified atom stereocenters. The fourth-order valence-corrected chi connectivity index (χ4v) is 4.98. The van der Waals surface area contributed by atoms with Crippen molar-refractivity contribution in [2.45, 2.75) is 24.4 Å². The molecule has 0 saturated carbocycles. The van der Waals surface area contributed by atoms with Crippen LogP contribution in [0, 0.1) is 10.1 Å². The maximum absolute atomic E-state index is 12.4. The van der Waals surface area contributed by atoms with Crippen LogP contribution in [-0.4, -0.2) is 49.8 Å². The zero-order chi connectivity index (χ0) is 22.8. The summed E-state index contributed by atoms with van der Waals surface area (Å²) in [5.74, 6) is -0.890. The van der Waals surface area contributed by atoms with E-state index in [1.54, 1.807) is 5.38 Å². The number of β-lactam (4-membered cyclic amide) rings is 1. The summed E-state index contributed by atoms with van der Waals surface area (Å²) in [5, 5.41) is 15.2. The first kappa shape index (κ1) is 21.8. The highest BCUT2D eigenvalue weighted by molar-refractivity contribution is 8.00. The molecule has 1 aromatic heterocycles. The number of nitro benzene ring substituents is 1. The second-order valence-electron chi connectivity index (χ2n) is 7.00. The first-order chi connectivity index (χ1) is 15.3. The molecule has 4 rings (SSSR count). The number of non-ortho nitro benzene ring substituents is 1. The van der Waals surface area contributed by atoms with Gasteiger partial charge in [-0.05, 0) is 17.7 Å². The molecule has 0 radical (unpaired) electrons. The van der Waals surface area contributed by atoms with E-state index in [4.69, 9.17) is 10.5 Å². The molecule has 2 atom stereocenters. The summed E-state index contributed by atoms with van der Waals surface area (Å²) < 4.78 is 5.26. The zero-order valence-corrected chi connectivity index (χ0v) is 18.1. The maximum atomic E-state index is 12.4. The van der Waals surface area contributed by atoms with Crippen LogP contribution < -0.4 is 11.1 Å². The molecule has 3 N–H and O–H groups in total. The van der Waals surface area contributed by atoms with E-state index in [2.05, 4.69) is 10.3 Å². The molecule has 0 aliphatic carbocycles. The van der Waals surface area contributed by atoms with Crippen LogP contribution in [-0.2, 0) is 32.1 Å². The number of ether oxygens (including phenoxy) is 1. The predicted molar refractivity (Wildman–Crippen MR) is 116 cm³/mol. The van der Waals surface area contributed by atoms with E-state index in [-0.39, 0.29) is 35.9 Å². The number of amides is 2. The number of nitrogens with zero attached hydrogens (tertiary/aromatic N) is 3. The summed E-state index contributed by atoms with van der Waals surface area (Å²) in [6, 6.07) is 5.02. The molecule has 0 bridgehead atoms. The molecule has 32 heavy (non-hydrogen) atoms. The number of hydrogen-bond donors (Lipinski definition) is 2. The molecule has 1 aromatic carbocycles. The van der Waals surface area contributed by atoms with Crippen LogP contribution in [0.3, 0.4) is 0 Å². The number of nitrogens with two attached hydrogens (primary N) is 1. The van der Waals surface area contributed by atoms with Crippen LogP contribution in [0.5, 0.6) is 0 Å². The van der Waals surface area contributed by atoms with Crippen molar-refractivity contribution in [3.63, 3.8) is 0 Å². The van der Waals surface area contributed by atoms with Crippen LogP contribution in [0.4, 0.5) is 10.8 Å². The number of thioether (sulfide) groups is 1. The molecule has 2 amide bonds. The van der Waals surface area contributed by atoms with Crippen molar-refractivity contribution in [1.29, 1.82) is 0 Å². The van der Waals surface area contributed by atoms with Crippen molar-refractivity contribution in [2.24, 2.45) is 0 Å². The van der Waals surface area contributed by atoms with Gasteiger partial charge in [-0.1, -0.05) is 0 Å². The second kappa shape index (κ2) is 8.96. The van der Waals surface area contributed by atoms with Crippen molar-refractivity contribution < 1.29 is 24.0 Å². The van der Waals surface area contributed by atoms with Gasteiger partial charge in [0.25, 0.3) is 11.6 Å². The minimum Gasteiger partial charge on any atom is -0.457 e. The minimum atomic E-state index is -0.669. The lowest BCUT2D eigenvalue weighted by Crippen LogP contribution is -2.68. The Morgan fingerprint density at radius 1 is 1.34 bits per heavy atom. The fraction of sp³-hybridized carbons (Fsp3) is 0.263. The van der Waals surface area contributed by atoms with Crippen LogP contribution in [0.15, 0.2) is 41.4 Å². The molecule has 166 valence electrons. The first-order valence-electron chi connectivity index (χ1n) is 9.36. The average Bonchev–Trinajstić information content (AvgIpc) is 3.19. The number of aromatic nitrogens is 1. The minimum absolute atomic E-state index is 0.0327. The number of anilines is 1. The van der Waals surface area contributed by atoms with Gasteiger partial charge >= 0.3 is 5.97 Å². The van der Waals surface area contributed by atoms with Gasteiger partial charge in [-0.15, -0.1) is 23.1 Å². The Morgan fingerprint density at radius 3 is 2.75 bits per heavy atom. The lowest BCUT2D eigenvalue weighted by molar-refractivity contribution is -0.384. The summed E-state index contributed by atoms with van der Waals surface area (Å²) in [6.45, 7) is -0.0456. The SMILES string of the molecule is Nc1nc(CC(=O)NC2C(=O)N3C=C(C(=O)OCc4ccc([N+](=O)[O-])cc4)CS[C@H]23)cs1. The molecule has 0 spiro atoms. The number of nitrogens with one attached hydrogen (secondary N) is 1. The van der Waals surface area contributed by atoms with E-state index in [0.717, 1.165) is 0 Å².